The molecule has 0 saturated carbocycles. The molecular weight excluding hydrogens is 236 g/mol. The Morgan fingerprint density at radius 3 is 3.16 bits per heavy atom. The Morgan fingerprint density at radius 1 is 1.42 bits per heavy atom. The third kappa shape index (κ3) is 1.52. The number of H-pyrrole nitrogens is 1. The molecule has 1 aliphatic carbocycles. The van der Waals surface area contributed by atoms with Crippen molar-refractivity contribution in [1.29, 1.82) is 0 Å². The van der Waals surface area contributed by atoms with Crippen molar-refractivity contribution in [2.45, 2.75) is 18.4 Å². The van der Waals surface area contributed by atoms with Crippen molar-refractivity contribution in [3.8, 4) is 0 Å². The topological polar surface area (TPSA) is 39.3 Å². The van der Waals surface area contributed by atoms with Gasteiger partial charge in [-0.1, -0.05) is 18.2 Å². The molecular formula is C16H18N2O. The maximum absolute atomic E-state index is 9.45. The van der Waals surface area contributed by atoms with E-state index in [0.717, 1.165) is 18.5 Å². The van der Waals surface area contributed by atoms with Crippen LogP contribution < -0.4 is 0 Å². The third-order valence-electron chi connectivity index (χ3n) is 4.66. The number of aliphatic hydroxyl groups is 1. The molecule has 98 valence electrons. The van der Waals surface area contributed by atoms with Crippen LogP contribution in [0.15, 0.2) is 36.0 Å². The number of hydrogen-bond acceptors (Lipinski definition) is 2. The number of aliphatic hydroxyl groups excluding tert-OH is 1. The number of rotatable bonds is 1. The van der Waals surface area contributed by atoms with Crippen LogP contribution in [0.1, 0.15) is 17.0 Å². The molecule has 2 heterocycles. The second-order valence-electron chi connectivity index (χ2n) is 5.78. The third-order valence-corrected chi connectivity index (χ3v) is 4.66. The predicted molar refractivity (Wildman–Crippen MR) is 76.3 cm³/mol. The van der Waals surface area contributed by atoms with Gasteiger partial charge in [-0.05, 0) is 36.2 Å². The molecule has 1 aromatic carbocycles. The van der Waals surface area contributed by atoms with E-state index in [1.54, 1.807) is 0 Å². The standard InChI is InChI=1S/C16H18N2O/c1-18-8-10(9-19)5-13-12-3-2-4-14-16(12)11(7-17-14)6-15(13)18/h2-5,7,13,15,17,19H,6,8-9H2,1H3/t13-,15-/m1/s1. The largest absolute Gasteiger partial charge is 0.392 e. The number of benzene rings is 1. The summed E-state index contributed by atoms with van der Waals surface area (Å²) in [6, 6.07) is 7.03. The van der Waals surface area contributed by atoms with Crippen molar-refractivity contribution < 1.29 is 5.11 Å². The molecule has 1 aliphatic heterocycles. The molecule has 2 aromatic rings. The molecule has 19 heavy (non-hydrogen) atoms. The lowest BCUT2D eigenvalue weighted by Gasteiger charge is -2.41. The van der Waals surface area contributed by atoms with Crippen molar-refractivity contribution >= 4 is 10.9 Å². The van der Waals surface area contributed by atoms with Crippen molar-refractivity contribution in [3.63, 3.8) is 0 Å². The highest BCUT2D eigenvalue weighted by Crippen LogP contribution is 2.41. The molecule has 0 bridgehead atoms. The minimum Gasteiger partial charge on any atom is -0.392 e. The van der Waals surface area contributed by atoms with Gasteiger partial charge in [0, 0.05) is 35.6 Å². The lowest BCUT2D eigenvalue weighted by Crippen LogP contribution is -2.44. The Bertz CT molecular complexity index is 670. The number of hydrogen-bond donors (Lipinski definition) is 2. The average molecular weight is 254 g/mol. The second kappa shape index (κ2) is 3.95. The van der Waals surface area contributed by atoms with Gasteiger partial charge in [0.15, 0.2) is 0 Å². The number of aromatic amines is 1. The SMILES string of the molecule is CN1CC(CO)=C[C@@H]2c3cccc4[nH]cc(c34)C[C@H]21. The Morgan fingerprint density at radius 2 is 2.32 bits per heavy atom. The summed E-state index contributed by atoms with van der Waals surface area (Å²) in [5.41, 5.74) is 5.21. The molecule has 4 rings (SSSR count). The lowest BCUT2D eigenvalue weighted by molar-refractivity contribution is 0.208. The summed E-state index contributed by atoms with van der Waals surface area (Å²) in [5.74, 6) is 0.410. The fourth-order valence-electron chi connectivity index (χ4n) is 3.76. The summed E-state index contributed by atoms with van der Waals surface area (Å²) < 4.78 is 0. The molecule has 3 heteroatoms. The molecule has 2 N–H and O–H groups in total. The summed E-state index contributed by atoms with van der Waals surface area (Å²) in [4.78, 5) is 5.76. The van der Waals surface area contributed by atoms with E-state index >= 15 is 0 Å². The van der Waals surface area contributed by atoms with Gasteiger partial charge in [0.25, 0.3) is 0 Å². The number of likely N-dealkylation sites (N-methyl/N-ethyl adjacent to an activating group) is 1. The van der Waals surface area contributed by atoms with E-state index in [-0.39, 0.29) is 6.61 Å². The number of aromatic nitrogens is 1. The first-order valence-corrected chi connectivity index (χ1v) is 6.87. The van der Waals surface area contributed by atoms with Gasteiger partial charge >= 0.3 is 0 Å². The molecule has 0 amide bonds. The summed E-state index contributed by atoms with van der Waals surface area (Å²) in [7, 11) is 2.16. The second-order valence-corrected chi connectivity index (χ2v) is 5.78. The minimum atomic E-state index is 0.170. The van der Waals surface area contributed by atoms with Crippen LogP contribution in [-0.2, 0) is 6.42 Å². The van der Waals surface area contributed by atoms with Gasteiger partial charge in [0.1, 0.15) is 0 Å². The van der Waals surface area contributed by atoms with Crippen molar-refractivity contribution in [1.82, 2.24) is 9.88 Å². The fourth-order valence-corrected chi connectivity index (χ4v) is 3.76. The first-order valence-electron chi connectivity index (χ1n) is 6.87. The molecule has 1 aromatic heterocycles. The van der Waals surface area contributed by atoms with Crippen LogP contribution in [-0.4, -0.2) is 41.2 Å². The van der Waals surface area contributed by atoms with Crippen LogP contribution in [0.25, 0.3) is 10.9 Å². The fraction of sp³-hybridized carbons (Fsp3) is 0.375. The molecule has 2 aliphatic rings. The van der Waals surface area contributed by atoms with E-state index < -0.39 is 0 Å². The highest BCUT2D eigenvalue weighted by molar-refractivity contribution is 5.88. The zero-order chi connectivity index (χ0) is 13.0. The predicted octanol–water partition coefficient (Wildman–Crippen LogP) is 2.04. The summed E-state index contributed by atoms with van der Waals surface area (Å²) in [5, 5.41) is 10.8. The number of nitrogens with zero attached hydrogens (tertiary/aromatic N) is 1. The van der Waals surface area contributed by atoms with Crippen LogP contribution in [0.3, 0.4) is 0 Å². The number of fused-ring (bicyclic) bond motifs is 2. The summed E-state index contributed by atoms with van der Waals surface area (Å²) in [6.45, 7) is 1.05. The molecule has 2 atom stereocenters. The Kier molecular flexibility index (Phi) is 2.34. The van der Waals surface area contributed by atoms with Gasteiger partial charge in [-0.3, -0.25) is 4.90 Å². The summed E-state index contributed by atoms with van der Waals surface area (Å²) >= 11 is 0. The van der Waals surface area contributed by atoms with Gasteiger partial charge in [0.2, 0.25) is 0 Å². The van der Waals surface area contributed by atoms with E-state index in [2.05, 4.69) is 47.4 Å². The van der Waals surface area contributed by atoms with Crippen LogP contribution in [0, 0.1) is 0 Å². The van der Waals surface area contributed by atoms with Crippen molar-refractivity contribution in [3.05, 3.63) is 47.2 Å². The van der Waals surface area contributed by atoms with Crippen LogP contribution in [0.5, 0.6) is 0 Å². The molecule has 0 spiro atoms. The van der Waals surface area contributed by atoms with E-state index in [4.69, 9.17) is 0 Å². The first kappa shape index (κ1) is 11.3. The minimum absolute atomic E-state index is 0.170. The normalized spacial score (nSPS) is 26.3. The molecule has 0 unspecified atom stereocenters. The van der Waals surface area contributed by atoms with Gasteiger partial charge in [-0.2, -0.15) is 0 Å². The van der Waals surface area contributed by atoms with Crippen molar-refractivity contribution in [2.24, 2.45) is 0 Å². The Labute approximate surface area is 112 Å². The van der Waals surface area contributed by atoms with Crippen LogP contribution >= 0.6 is 0 Å². The maximum atomic E-state index is 9.45. The zero-order valence-electron chi connectivity index (χ0n) is 11.1. The lowest BCUT2D eigenvalue weighted by atomic mass is 9.77. The number of nitrogens with one attached hydrogen (secondary N) is 1. The monoisotopic (exact) mass is 254 g/mol. The van der Waals surface area contributed by atoms with E-state index in [9.17, 15) is 5.11 Å². The smallest absolute Gasteiger partial charge is 0.0654 e. The van der Waals surface area contributed by atoms with Gasteiger partial charge < -0.3 is 10.1 Å². The quantitative estimate of drug-likeness (QED) is 0.764. The highest BCUT2D eigenvalue weighted by atomic mass is 16.3. The van der Waals surface area contributed by atoms with Crippen LogP contribution in [0.4, 0.5) is 0 Å². The Hall–Kier alpha value is -1.58. The summed E-state index contributed by atoms with van der Waals surface area (Å²) in [6.07, 6.45) is 5.53. The van der Waals surface area contributed by atoms with Gasteiger partial charge in [-0.25, -0.2) is 0 Å². The van der Waals surface area contributed by atoms with Crippen LogP contribution in [0.2, 0.25) is 0 Å². The molecule has 0 fully saturated rings. The maximum Gasteiger partial charge on any atom is 0.0654 e. The Balaban J connectivity index is 1.95. The van der Waals surface area contributed by atoms with Gasteiger partial charge in [-0.15, -0.1) is 0 Å². The average Bonchev–Trinajstić information content (AvgIpc) is 2.85. The first-order chi connectivity index (χ1) is 9.28. The van der Waals surface area contributed by atoms with E-state index in [0.29, 0.717) is 12.0 Å². The highest BCUT2D eigenvalue weighted by Gasteiger charge is 2.35. The van der Waals surface area contributed by atoms with E-state index in [1.807, 2.05) is 0 Å². The molecule has 0 saturated heterocycles. The van der Waals surface area contributed by atoms with Gasteiger partial charge in [0.05, 0.1) is 6.61 Å². The molecule has 0 radical (unpaired) electrons. The molecule has 3 nitrogen and oxygen atoms in total. The van der Waals surface area contributed by atoms with E-state index in [1.165, 1.54) is 22.0 Å². The van der Waals surface area contributed by atoms with Crippen molar-refractivity contribution in [2.75, 3.05) is 20.2 Å². The zero-order valence-corrected chi connectivity index (χ0v) is 11.1.